The van der Waals surface area contributed by atoms with Crippen molar-refractivity contribution in [2.75, 3.05) is 7.05 Å². The van der Waals surface area contributed by atoms with E-state index in [1.807, 2.05) is 6.92 Å². The maximum atomic E-state index is 4.10. The van der Waals surface area contributed by atoms with Gasteiger partial charge in [0.05, 0.1) is 10.7 Å². The highest BCUT2D eigenvalue weighted by molar-refractivity contribution is 8.19. The van der Waals surface area contributed by atoms with Crippen LogP contribution in [0.25, 0.3) is 0 Å². The normalized spacial score (nSPS) is 23.1. The van der Waals surface area contributed by atoms with Gasteiger partial charge in [0.2, 0.25) is 0 Å². The molecular formula is C6H8N2S. The lowest BCUT2D eigenvalue weighted by Crippen LogP contribution is -1.98. The van der Waals surface area contributed by atoms with Crippen LogP contribution >= 0.6 is 11.8 Å². The molecule has 0 atom stereocenters. The number of hydrogen-bond acceptors (Lipinski definition) is 3. The minimum Gasteiger partial charge on any atom is -0.279 e. The lowest BCUT2D eigenvalue weighted by Gasteiger charge is -1.87. The van der Waals surface area contributed by atoms with Crippen LogP contribution in [0.2, 0.25) is 0 Å². The first-order valence-electron chi connectivity index (χ1n) is 2.63. The lowest BCUT2D eigenvalue weighted by molar-refractivity contribution is 1.47. The maximum absolute atomic E-state index is 4.10. The van der Waals surface area contributed by atoms with Gasteiger partial charge in [0, 0.05) is 7.05 Å². The van der Waals surface area contributed by atoms with E-state index in [1.54, 1.807) is 7.05 Å². The second kappa shape index (κ2) is 2.35. The highest BCUT2D eigenvalue weighted by Crippen LogP contribution is 2.24. The van der Waals surface area contributed by atoms with Gasteiger partial charge < -0.3 is 0 Å². The Labute approximate surface area is 58.8 Å². The molecule has 1 heterocycles. The van der Waals surface area contributed by atoms with E-state index in [0.29, 0.717) is 0 Å². The topological polar surface area (TPSA) is 24.7 Å². The van der Waals surface area contributed by atoms with Crippen molar-refractivity contribution in [1.82, 2.24) is 0 Å². The number of thioether (sulfide) groups is 1. The van der Waals surface area contributed by atoms with Gasteiger partial charge >= 0.3 is 0 Å². The largest absolute Gasteiger partial charge is 0.279 e. The van der Waals surface area contributed by atoms with Crippen LogP contribution in [0.1, 0.15) is 6.92 Å². The third-order valence-electron chi connectivity index (χ3n) is 1.02. The summed E-state index contributed by atoms with van der Waals surface area (Å²) in [5.41, 5.74) is 0.979. The van der Waals surface area contributed by atoms with Gasteiger partial charge in [-0.25, -0.2) is 4.99 Å². The second-order valence-corrected chi connectivity index (χ2v) is 2.78. The van der Waals surface area contributed by atoms with Crippen molar-refractivity contribution >= 4 is 22.5 Å². The van der Waals surface area contributed by atoms with Gasteiger partial charge in [0.1, 0.15) is 5.04 Å². The highest BCUT2D eigenvalue weighted by Gasteiger charge is 2.12. The zero-order valence-electron chi connectivity index (χ0n) is 5.51. The number of hydrogen-bond donors (Lipinski definition) is 0. The number of aliphatic imine (C=N–C) groups is 2. The van der Waals surface area contributed by atoms with E-state index >= 15 is 0 Å². The van der Waals surface area contributed by atoms with Gasteiger partial charge in [0.15, 0.2) is 0 Å². The van der Waals surface area contributed by atoms with Crippen molar-refractivity contribution < 1.29 is 0 Å². The summed E-state index contributed by atoms with van der Waals surface area (Å²) in [5, 5.41) is 1.83. The average Bonchev–Trinajstić information content (AvgIpc) is 2.10. The minimum atomic E-state index is 0.841. The molecule has 0 fully saturated rings. The molecule has 0 N–H and O–H groups in total. The highest BCUT2D eigenvalue weighted by atomic mass is 32.2. The molecule has 3 heteroatoms. The summed E-state index contributed by atoms with van der Waals surface area (Å²) < 4.78 is 0. The number of nitrogens with zero attached hydrogens (tertiary/aromatic N) is 2. The van der Waals surface area contributed by atoms with Crippen molar-refractivity contribution in [3.8, 4) is 0 Å². The zero-order chi connectivity index (χ0) is 6.85. The predicted octanol–water partition coefficient (Wildman–Crippen LogP) is 1.69. The van der Waals surface area contributed by atoms with Crippen LogP contribution in [-0.4, -0.2) is 17.8 Å². The molecule has 1 aliphatic heterocycles. The monoisotopic (exact) mass is 140 g/mol. The minimum absolute atomic E-state index is 0.841. The molecule has 0 spiro atoms. The van der Waals surface area contributed by atoms with E-state index in [2.05, 4.69) is 16.6 Å². The van der Waals surface area contributed by atoms with Gasteiger partial charge in [0.25, 0.3) is 0 Å². The lowest BCUT2D eigenvalue weighted by atomic mass is 10.5. The molecule has 48 valence electrons. The Balaban J connectivity index is 2.89. The summed E-state index contributed by atoms with van der Waals surface area (Å²) in [6, 6.07) is 0. The summed E-state index contributed by atoms with van der Waals surface area (Å²) in [7, 11) is 1.76. The summed E-state index contributed by atoms with van der Waals surface area (Å²) in [6.45, 7) is 5.64. The van der Waals surface area contributed by atoms with Crippen molar-refractivity contribution in [2.24, 2.45) is 9.98 Å². The molecule has 9 heavy (non-hydrogen) atoms. The third-order valence-corrected chi connectivity index (χ3v) is 2.02. The van der Waals surface area contributed by atoms with Crippen LogP contribution in [-0.2, 0) is 0 Å². The molecule has 0 amide bonds. The molecular weight excluding hydrogens is 132 g/mol. The first kappa shape index (κ1) is 6.55. The standard InChI is InChI=1S/C6H8N2S/c1-4-6(7-3)9-5(2)8-4/h2H2,1,3H3. The van der Waals surface area contributed by atoms with Crippen LogP contribution in [0.5, 0.6) is 0 Å². The Kier molecular flexibility index (Phi) is 1.71. The maximum Gasteiger partial charge on any atom is 0.118 e. The van der Waals surface area contributed by atoms with Crippen LogP contribution < -0.4 is 0 Å². The molecule has 0 bridgehead atoms. The van der Waals surface area contributed by atoms with E-state index in [4.69, 9.17) is 0 Å². The fourth-order valence-electron chi connectivity index (χ4n) is 0.651. The van der Waals surface area contributed by atoms with E-state index in [-0.39, 0.29) is 0 Å². The summed E-state index contributed by atoms with van der Waals surface area (Å²) >= 11 is 1.53. The van der Waals surface area contributed by atoms with Gasteiger partial charge in [-0.05, 0) is 18.7 Å². The van der Waals surface area contributed by atoms with Gasteiger partial charge in [-0.2, -0.15) is 0 Å². The second-order valence-electron chi connectivity index (χ2n) is 1.72. The zero-order valence-corrected chi connectivity index (χ0v) is 6.33. The molecule has 0 aromatic rings. The Morgan fingerprint density at radius 3 is 2.56 bits per heavy atom. The molecule has 1 rings (SSSR count). The van der Waals surface area contributed by atoms with E-state index in [0.717, 1.165) is 15.8 Å². The molecule has 0 unspecified atom stereocenters. The molecule has 0 radical (unpaired) electrons. The Morgan fingerprint density at radius 2 is 2.33 bits per heavy atom. The van der Waals surface area contributed by atoms with Crippen LogP contribution in [0.4, 0.5) is 0 Å². The molecule has 0 aromatic heterocycles. The van der Waals surface area contributed by atoms with Gasteiger partial charge in [-0.1, -0.05) is 6.58 Å². The Hall–Kier alpha value is -0.570. The van der Waals surface area contributed by atoms with Gasteiger partial charge in [-0.3, -0.25) is 4.99 Å². The summed E-state index contributed by atoms with van der Waals surface area (Å²) in [5.74, 6) is 0. The first-order chi connectivity index (χ1) is 4.24. The quantitative estimate of drug-likeness (QED) is 0.502. The SMILES string of the molecule is C=C1N=C(C)C(=NC)S1. The number of rotatable bonds is 0. The third kappa shape index (κ3) is 1.21. The van der Waals surface area contributed by atoms with Gasteiger partial charge in [-0.15, -0.1) is 0 Å². The van der Waals surface area contributed by atoms with Crippen LogP contribution in [0.15, 0.2) is 21.6 Å². The van der Waals surface area contributed by atoms with Crippen molar-refractivity contribution in [3.63, 3.8) is 0 Å². The molecule has 0 saturated heterocycles. The molecule has 1 aliphatic rings. The molecule has 2 nitrogen and oxygen atoms in total. The fraction of sp³-hybridized carbons (Fsp3) is 0.333. The van der Waals surface area contributed by atoms with Crippen LogP contribution in [0, 0.1) is 0 Å². The molecule has 0 aromatic carbocycles. The molecule has 0 aliphatic carbocycles. The predicted molar refractivity (Wildman–Crippen MR) is 43.2 cm³/mol. The molecule has 0 saturated carbocycles. The van der Waals surface area contributed by atoms with Crippen molar-refractivity contribution in [3.05, 3.63) is 11.6 Å². The van der Waals surface area contributed by atoms with Crippen LogP contribution in [0.3, 0.4) is 0 Å². The van der Waals surface area contributed by atoms with E-state index in [9.17, 15) is 0 Å². The Morgan fingerprint density at radius 1 is 1.67 bits per heavy atom. The summed E-state index contributed by atoms with van der Waals surface area (Å²) in [4.78, 5) is 8.10. The average molecular weight is 140 g/mol. The van der Waals surface area contributed by atoms with Crippen molar-refractivity contribution in [2.45, 2.75) is 6.92 Å². The first-order valence-corrected chi connectivity index (χ1v) is 3.45. The Bertz CT molecular complexity index is 203. The van der Waals surface area contributed by atoms with E-state index < -0.39 is 0 Å². The summed E-state index contributed by atoms with van der Waals surface area (Å²) in [6.07, 6.45) is 0. The fourth-order valence-corrected chi connectivity index (χ4v) is 1.34. The van der Waals surface area contributed by atoms with E-state index in [1.165, 1.54) is 11.8 Å². The van der Waals surface area contributed by atoms with Crippen molar-refractivity contribution in [1.29, 1.82) is 0 Å². The smallest absolute Gasteiger partial charge is 0.118 e.